The first-order valence-corrected chi connectivity index (χ1v) is 3.75. The third-order valence-corrected chi connectivity index (χ3v) is 1.73. The van der Waals surface area contributed by atoms with E-state index in [9.17, 15) is 0 Å². The molecule has 0 bridgehead atoms. The Morgan fingerprint density at radius 3 is 1.10 bits per heavy atom. The van der Waals surface area contributed by atoms with Crippen molar-refractivity contribution in [3.8, 4) is 0 Å². The fourth-order valence-corrected chi connectivity index (χ4v) is 0.866. The standard InChI is InChI=1S/4CH3O.Al.Li/c4*1-2;;/h4*1H3;;/q4*-1;+3;+1. The summed E-state index contributed by atoms with van der Waals surface area (Å²) in [6.45, 7) is 0. The van der Waals surface area contributed by atoms with Crippen LogP contribution in [0.5, 0.6) is 0 Å². The van der Waals surface area contributed by atoms with Crippen molar-refractivity contribution < 1.29 is 35.3 Å². The van der Waals surface area contributed by atoms with Gasteiger partial charge in [-0.25, -0.2) is 0 Å². The molecular formula is C4H12AlLiO4. The molecule has 0 aliphatic rings. The van der Waals surface area contributed by atoms with Crippen LogP contribution in [-0.4, -0.2) is 43.6 Å². The maximum absolute atomic E-state index is 8.25. The average Bonchev–Trinajstić information content (AvgIpc) is 1.96. The fourth-order valence-electron chi connectivity index (χ4n) is 0.289. The van der Waals surface area contributed by atoms with E-state index in [1.54, 1.807) is 21.3 Å². The van der Waals surface area contributed by atoms with Crippen LogP contribution in [0.4, 0.5) is 0 Å². The third-order valence-electron chi connectivity index (χ3n) is 0.577. The largest absolute Gasteiger partial charge is 1.00 e. The third kappa shape index (κ3) is 11.7. The smallest absolute Gasteiger partial charge is 0.857 e. The minimum absolute atomic E-state index is 0. The Morgan fingerprint density at radius 2 is 1.10 bits per heavy atom. The topological polar surface area (TPSA) is 50.8 Å². The number of hydrogen-bond acceptors (Lipinski definition) is 4. The number of rotatable bonds is 3. The summed E-state index contributed by atoms with van der Waals surface area (Å²) in [5.41, 5.74) is 0. The van der Waals surface area contributed by atoms with Crippen LogP contribution in [0.3, 0.4) is 0 Å². The molecular weight excluding hydrogens is 146 g/mol. The first-order chi connectivity index (χ1) is 4.35. The maximum atomic E-state index is 8.25. The van der Waals surface area contributed by atoms with Crippen molar-refractivity contribution >= 4 is 15.1 Å². The molecule has 0 atom stereocenters. The van der Waals surface area contributed by atoms with Gasteiger partial charge in [-0.3, -0.25) is 0 Å². The summed E-state index contributed by atoms with van der Waals surface area (Å²) in [7, 11) is 5.47. The molecule has 0 radical (unpaired) electrons. The van der Waals surface area contributed by atoms with Gasteiger partial charge in [-0.2, -0.15) is 7.11 Å². The monoisotopic (exact) mass is 158 g/mol. The molecule has 0 N–H and O–H groups in total. The molecule has 10 heavy (non-hydrogen) atoms. The predicted molar refractivity (Wildman–Crippen MR) is 32.7 cm³/mol. The van der Waals surface area contributed by atoms with E-state index < -0.39 is 15.1 Å². The molecule has 0 heterocycles. The molecule has 0 rings (SSSR count). The molecule has 0 aromatic rings. The Balaban J connectivity index is -0.000000149. The van der Waals surface area contributed by atoms with Crippen molar-refractivity contribution in [1.82, 2.24) is 0 Å². The van der Waals surface area contributed by atoms with E-state index in [4.69, 9.17) is 16.5 Å². The van der Waals surface area contributed by atoms with Crippen LogP contribution in [0.2, 0.25) is 0 Å². The van der Waals surface area contributed by atoms with E-state index >= 15 is 0 Å². The SMILES string of the molecule is C[O-].C[O][Al]([O]C)[O]C.[Li+]. The molecule has 0 fully saturated rings. The summed E-state index contributed by atoms with van der Waals surface area (Å²) >= 11 is -1.67. The van der Waals surface area contributed by atoms with E-state index in [2.05, 4.69) is 0 Å². The van der Waals surface area contributed by atoms with Gasteiger partial charge in [-0.05, 0) is 0 Å². The molecule has 0 unspecified atom stereocenters. The molecule has 0 spiro atoms. The molecule has 56 valence electrons. The van der Waals surface area contributed by atoms with E-state index in [-0.39, 0.29) is 18.9 Å². The summed E-state index contributed by atoms with van der Waals surface area (Å²) in [4.78, 5) is 0. The maximum Gasteiger partial charge on any atom is 1.00 e. The van der Waals surface area contributed by atoms with E-state index in [1.165, 1.54) is 0 Å². The van der Waals surface area contributed by atoms with Crippen molar-refractivity contribution in [2.24, 2.45) is 0 Å². The second-order valence-corrected chi connectivity index (χ2v) is 2.99. The van der Waals surface area contributed by atoms with Gasteiger partial charge in [0.2, 0.25) is 0 Å². The molecule has 0 aliphatic carbocycles. The van der Waals surface area contributed by atoms with Crippen LogP contribution in [0.25, 0.3) is 0 Å². The Labute approximate surface area is 79.0 Å². The van der Waals surface area contributed by atoms with E-state index in [0.29, 0.717) is 0 Å². The molecule has 0 aliphatic heterocycles. The second-order valence-electron chi connectivity index (χ2n) is 0.996. The van der Waals surface area contributed by atoms with Gasteiger partial charge >= 0.3 is 34.0 Å². The molecule has 4 nitrogen and oxygen atoms in total. The average molecular weight is 158 g/mol. The first-order valence-electron chi connectivity index (χ1n) is 2.34. The van der Waals surface area contributed by atoms with E-state index in [0.717, 1.165) is 7.11 Å². The van der Waals surface area contributed by atoms with Gasteiger partial charge in [-0.15, -0.1) is 0 Å². The van der Waals surface area contributed by atoms with Crippen LogP contribution >= 0.6 is 0 Å². The predicted octanol–water partition coefficient (Wildman–Crippen LogP) is -4.11. The molecule has 0 saturated carbocycles. The Morgan fingerprint density at radius 1 is 0.900 bits per heavy atom. The zero-order chi connectivity index (χ0) is 7.70. The zero-order valence-electron chi connectivity index (χ0n) is 7.21. The summed E-state index contributed by atoms with van der Waals surface area (Å²) in [5, 5.41) is 8.25. The van der Waals surface area contributed by atoms with Gasteiger partial charge in [-0.1, -0.05) is 0 Å². The fraction of sp³-hybridized carbons (Fsp3) is 1.00. The quantitative estimate of drug-likeness (QED) is 0.392. The van der Waals surface area contributed by atoms with Crippen molar-refractivity contribution in [1.29, 1.82) is 0 Å². The first kappa shape index (κ1) is 17.2. The van der Waals surface area contributed by atoms with Crippen LogP contribution in [0, 0.1) is 0 Å². The molecule has 0 aromatic heterocycles. The second kappa shape index (κ2) is 16.5. The normalized spacial score (nSPS) is 6.90. The summed E-state index contributed by atoms with van der Waals surface area (Å²) in [6.07, 6.45) is 0. The molecule has 0 saturated heterocycles. The minimum atomic E-state index is -1.67. The molecule has 0 aromatic carbocycles. The van der Waals surface area contributed by atoms with Crippen molar-refractivity contribution in [2.75, 3.05) is 28.4 Å². The Hall–Kier alpha value is 0.970. The van der Waals surface area contributed by atoms with Gasteiger partial charge in [0, 0.05) is 21.3 Å². The summed E-state index contributed by atoms with van der Waals surface area (Å²) in [5.74, 6) is 0. The Kier molecular flexibility index (Phi) is 28.3. The van der Waals surface area contributed by atoms with Crippen molar-refractivity contribution in [2.45, 2.75) is 0 Å². The zero-order valence-corrected chi connectivity index (χ0v) is 8.37. The van der Waals surface area contributed by atoms with E-state index in [1.807, 2.05) is 0 Å². The number of hydrogen-bond donors (Lipinski definition) is 0. The van der Waals surface area contributed by atoms with Crippen LogP contribution in [0.1, 0.15) is 0 Å². The van der Waals surface area contributed by atoms with Crippen LogP contribution in [0.15, 0.2) is 0 Å². The summed E-state index contributed by atoms with van der Waals surface area (Å²) < 4.78 is 14.2. The van der Waals surface area contributed by atoms with Gasteiger partial charge < -0.3 is 16.5 Å². The van der Waals surface area contributed by atoms with Crippen molar-refractivity contribution in [3.63, 3.8) is 0 Å². The van der Waals surface area contributed by atoms with Crippen LogP contribution < -0.4 is 24.0 Å². The van der Waals surface area contributed by atoms with Gasteiger partial charge in [0.1, 0.15) is 0 Å². The molecule has 0 amide bonds. The van der Waals surface area contributed by atoms with Gasteiger partial charge in [0.05, 0.1) is 0 Å². The molecule has 6 heteroatoms. The van der Waals surface area contributed by atoms with Crippen LogP contribution in [-0.2, 0) is 11.4 Å². The van der Waals surface area contributed by atoms with Gasteiger partial charge in [0.15, 0.2) is 0 Å². The summed E-state index contributed by atoms with van der Waals surface area (Å²) in [6, 6.07) is 0. The Bertz CT molecular complexity index is 38.7. The van der Waals surface area contributed by atoms with Crippen molar-refractivity contribution in [3.05, 3.63) is 0 Å². The minimum Gasteiger partial charge on any atom is -0.857 e. The van der Waals surface area contributed by atoms with Gasteiger partial charge in [0.25, 0.3) is 0 Å².